The van der Waals surface area contributed by atoms with E-state index in [0.29, 0.717) is 0 Å². The average molecular weight is 361 g/mol. The van der Waals surface area contributed by atoms with Crippen LogP contribution in [0.2, 0.25) is 0 Å². The predicted octanol–water partition coefficient (Wildman–Crippen LogP) is 3.00. The van der Waals surface area contributed by atoms with Crippen molar-refractivity contribution in [2.45, 2.75) is 18.4 Å². The van der Waals surface area contributed by atoms with E-state index in [2.05, 4.69) is 10.1 Å². The number of halogens is 1. The van der Waals surface area contributed by atoms with Crippen molar-refractivity contribution in [3.05, 3.63) is 65.8 Å². The van der Waals surface area contributed by atoms with Gasteiger partial charge in [0.1, 0.15) is 5.82 Å². The van der Waals surface area contributed by atoms with E-state index < -0.39 is 15.8 Å². The fourth-order valence-corrected chi connectivity index (χ4v) is 3.43. The minimum Gasteiger partial charge on any atom is -0.338 e. The number of nitrogens with zero attached hydrogens (tertiary/aromatic N) is 3. The average Bonchev–Trinajstić information content (AvgIpc) is 3.06. The molecule has 6 nitrogen and oxygen atoms in total. The molecule has 0 amide bonds. The van der Waals surface area contributed by atoms with E-state index in [-0.39, 0.29) is 28.7 Å². The van der Waals surface area contributed by atoms with Gasteiger partial charge in [0, 0.05) is 7.05 Å². The fourth-order valence-electron chi connectivity index (χ4n) is 2.29. The second kappa shape index (κ2) is 6.73. The molecular formula is C17H16FN3O3S. The van der Waals surface area contributed by atoms with Crippen molar-refractivity contribution in [3.63, 3.8) is 0 Å². The molecule has 0 aliphatic heterocycles. The van der Waals surface area contributed by atoms with Crippen molar-refractivity contribution in [2.75, 3.05) is 7.05 Å². The van der Waals surface area contributed by atoms with Crippen LogP contribution in [0.5, 0.6) is 0 Å². The van der Waals surface area contributed by atoms with Gasteiger partial charge in [-0.25, -0.2) is 12.8 Å². The highest BCUT2D eigenvalue weighted by atomic mass is 32.2. The van der Waals surface area contributed by atoms with Crippen LogP contribution in [0.4, 0.5) is 4.39 Å². The SMILES string of the molecule is Cc1ccc(F)c(-c2noc(CN(C)S(=O)(=O)c3ccccc3)n2)c1. The Morgan fingerprint density at radius 3 is 2.60 bits per heavy atom. The second-order valence-electron chi connectivity index (χ2n) is 5.57. The second-order valence-corrected chi connectivity index (χ2v) is 7.61. The molecule has 2 aromatic carbocycles. The van der Waals surface area contributed by atoms with E-state index in [0.717, 1.165) is 9.87 Å². The van der Waals surface area contributed by atoms with Crippen molar-refractivity contribution in [2.24, 2.45) is 0 Å². The number of sulfonamides is 1. The largest absolute Gasteiger partial charge is 0.338 e. The first-order chi connectivity index (χ1) is 11.9. The quantitative estimate of drug-likeness (QED) is 0.698. The summed E-state index contributed by atoms with van der Waals surface area (Å²) in [5.74, 6) is -0.303. The Labute approximate surface area is 145 Å². The van der Waals surface area contributed by atoms with Gasteiger partial charge in [-0.05, 0) is 31.2 Å². The molecule has 0 saturated heterocycles. The topological polar surface area (TPSA) is 76.3 Å². The lowest BCUT2D eigenvalue weighted by atomic mass is 10.1. The van der Waals surface area contributed by atoms with Crippen molar-refractivity contribution in [1.82, 2.24) is 14.4 Å². The Kier molecular flexibility index (Phi) is 4.65. The third kappa shape index (κ3) is 3.59. The molecule has 0 aliphatic rings. The van der Waals surface area contributed by atoms with Gasteiger partial charge in [-0.1, -0.05) is 35.0 Å². The van der Waals surface area contributed by atoms with Crippen LogP contribution < -0.4 is 0 Å². The molecule has 0 spiro atoms. The third-order valence-corrected chi connectivity index (χ3v) is 5.46. The number of hydrogen-bond donors (Lipinski definition) is 0. The van der Waals surface area contributed by atoms with Gasteiger partial charge in [0.15, 0.2) is 0 Å². The molecule has 0 fully saturated rings. The molecule has 0 saturated carbocycles. The Balaban J connectivity index is 1.83. The number of benzene rings is 2. The van der Waals surface area contributed by atoms with Crippen LogP contribution in [0.15, 0.2) is 57.9 Å². The molecule has 1 heterocycles. The van der Waals surface area contributed by atoms with Crippen LogP contribution in [0.25, 0.3) is 11.4 Å². The van der Waals surface area contributed by atoms with Crippen LogP contribution in [0.3, 0.4) is 0 Å². The van der Waals surface area contributed by atoms with E-state index in [1.165, 1.54) is 25.2 Å². The van der Waals surface area contributed by atoms with Gasteiger partial charge in [0.25, 0.3) is 0 Å². The van der Waals surface area contributed by atoms with Gasteiger partial charge in [-0.2, -0.15) is 9.29 Å². The summed E-state index contributed by atoms with van der Waals surface area (Å²) in [5, 5.41) is 3.75. The molecule has 0 N–H and O–H groups in total. The molecule has 0 bridgehead atoms. The highest BCUT2D eigenvalue weighted by molar-refractivity contribution is 7.89. The minimum atomic E-state index is -3.68. The van der Waals surface area contributed by atoms with Crippen LogP contribution >= 0.6 is 0 Å². The molecule has 3 rings (SSSR count). The fraction of sp³-hybridized carbons (Fsp3) is 0.176. The van der Waals surface area contributed by atoms with Crippen molar-refractivity contribution >= 4 is 10.0 Å². The molecule has 0 unspecified atom stereocenters. The van der Waals surface area contributed by atoms with E-state index in [1.807, 2.05) is 6.92 Å². The van der Waals surface area contributed by atoms with E-state index >= 15 is 0 Å². The summed E-state index contributed by atoms with van der Waals surface area (Å²) >= 11 is 0. The highest BCUT2D eigenvalue weighted by Gasteiger charge is 2.23. The lowest BCUT2D eigenvalue weighted by Gasteiger charge is -2.14. The third-order valence-electron chi connectivity index (χ3n) is 3.64. The maximum Gasteiger partial charge on any atom is 0.243 e. The summed E-state index contributed by atoms with van der Waals surface area (Å²) in [4.78, 5) is 4.27. The van der Waals surface area contributed by atoms with Gasteiger partial charge in [0.2, 0.25) is 21.7 Å². The molecular weight excluding hydrogens is 345 g/mol. The van der Waals surface area contributed by atoms with E-state index in [4.69, 9.17) is 4.52 Å². The summed E-state index contributed by atoms with van der Waals surface area (Å²) in [6, 6.07) is 12.6. The Bertz CT molecular complexity index is 987. The zero-order valence-corrected chi connectivity index (χ0v) is 14.5. The Morgan fingerprint density at radius 2 is 1.88 bits per heavy atom. The summed E-state index contributed by atoms with van der Waals surface area (Å²) in [5.41, 5.74) is 1.06. The monoisotopic (exact) mass is 361 g/mol. The molecule has 0 aliphatic carbocycles. The Hall–Kier alpha value is -2.58. The van der Waals surface area contributed by atoms with Crippen LogP contribution in [0, 0.1) is 12.7 Å². The first-order valence-corrected chi connectivity index (χ1v) is 8.92. The number of hydrogen-bond acceptors (Lipinski definition) is 5. The van der Waals surface area contributed by atoms with Crippen LogP contribution in [-0.2, 0) is 16.6 Å². The van der Waals surface area contributed by atoms with E-state index in [9.17, 15) is 12.8 Å². The summed E-state index contributed by atoms with van der Waals surface area (Å²) in [6.45, 7) is 1.71. The molecule has 3 aromatic rings. The lowest BCUT2D eigenvalue weighted by molar-refractivity contribution is 0.336. The molecule has 0 atom stereocenters. The first kappa shape index (κ1) is 17.2. The van der Waals surface area contributed by atoms with E-state index in [1.54, 1.807) is 30.3 Å². The molecule has 1 aromatic heterocycles. The summed E-state index contributed by atoms with van der Waals surface area (Å²) in [7, 11) is -2.26. The zero-order chi connectivity index (χ0) is 18.0. The standard InChI is InChI=1S/C17H16FN3O3S/c1-12-8-9-15(18)14(10-12)17-19-16(24-20-17)11-21(2)25(22,23)13-6-4-3-5-7-13/h3-10H,11H2,1-2H3. The molecule has 0 radical (unpaired) electrons. The van der Waals surface area contributed by atoms with Crippen molar-refractivity contribution in [3.8, 4) is 11.4 Å². The lowest BCUT2D eigenvalue weighted by Crippen LogP contribution is -2.26. The van der Waals surface area contributed by atoms with Crippen LogP contribution in [-0.4, -0.2) is 29.9 Å². The van der Waals surface area contributed by atoms with Gasteiger partial charge < -0.3 is 4.52 Å². The van der Waals surface area contributed by atoms with Crippen LogP contribution in [0.1, 0.15) is 11.5 Å². The maximum absolute atomic E-state index is 13.9. The molecule has 25 heavy (non-hydrogen) atoms. The first-order valence-electron chi connectivity index (χ1n) is 7.48. The summed E-state index contributed by atoms with van der Waals surface area (Å²) < 4.78 is 45.1. The molecule has 8 heteroatoms. The number of aryl methyl sites for hydroxylation is 1. The predicted molar refractivity (Wildman–Crippen MR) is 89.5 cm³/mol. The molecule has 130 valence electrons. The zero-order valence-electron chi connectivity index (χ0n) is 13.7. The van der Waals surface area contributed by atoms with Gasteiger partial charge in [-0.3, -0.25) is 0 Å². The smallest absolute Gasteiger partial charge is 0.243 e. The minimum absolute atomic E-state index is 0.0814. The van der Waals surface area contributed by atoms with Crippen molar-refractivity contribution < 1.29 is 17.3 Å². The summed E-state index contributed by atoms with van der Waals surface area (Å²) in [6.07, 6.45) is 0. The maximum atomic E-state index is 13.9. The number of aromatic nitrogens is 2. The van der Waals surface area contributed by atoms with Crippen molar-refractivity contribution in [1.29, 1.82) is 0 Å². The Morgan fingerprint density at radius 1 is 1.16 bits per heavy atom. The number of rotatable bonds is 5. The van der Waals surface area contributed by atoms with Gasteiger partial charge in [0.05, 0.1) is 17.0 Å². The van der Waals surface area contributed by atoms with Gasteiger partial charge in [-0.15, -0.1) is 0 Å². The highest BCUT2D eigenvalue weighted by Crippen LogP contribution is 2.22. The van der Waals surface area contributed by atoms with Gasteiger partial charge >= 0.3 is 0 Å². The normalized spacial score (nSPS) is 11.8.